The fourth-order valence-corrected chi connectivity index (χ4v) is 3.10. The van der Waals surface area contributed by atoms with Gasteiger partial charge in [0, 0.05) is 6.04 Å². The van der Waals surface area contributed by atoms with E-state index in [4.69, 9.17) is 4.74 Å². The number of aromatic nitrogens is 2. The number of hydrogen-bond donors (Lipinski definition) is 1. The maximum atomic E-state index is 12.2. The average molecular weight is 363 g/mol. The lowest BCUT2D eigenvalue weighted by Gasteiger charge is -2.15. The Morgan fingerprint density at radius 1 is 1.28 bits per heavy atom. The van der Waals surface area contributed by atoms with Gasteiger partial charge < -0.3 is 14.6 Å². The standard InChI is InChI=1S/C18H25N3O3S/c1-4-13(5-2)19-17(22)11-24-18(23)10-21-15-9-7-6-8-14(15)20-16(21)12-25-3/h6-9,13H,4-5,10-12H2,1-3H3,(H,19,22). The molecule has 0 bridgehead atoms. The number of fused-ring (bicyclic) bond motifs is 1. The summed E-state index contributed by atoms with van der Waals surface area (Å²) in [7, 11) is 0. The van der Waals surface area contributed by atoms with Crippen LogP contribution in [0.2, 0.25) is 0 Å². The van der Waals surface area contributed by atoms with Crippen molar-refractivity contribution >= 4 is 34.7 Å². The summed E-state index contributed by atoms with van der Waals surface area (Å²) >= 11 is 1.64. The van der Waals surface area contributed by atoms with Crippen molar-refractivity contribution in [2.75, 3.05) is 12.9 Å². The van der Waals surface area contributed by atoms with Crippen molar-refractivity contribution in [2.45, 2.75) is 45.0 Å². The second kappa shape index (κ2) is 9.46. The Kier molecular flexibility index (Phi) is 7.31. The normalized spacial score (nSPS) is 11.0. The molecule has 0 aliphatic heterocycles. The van der Waals surface area contributed by atoms with Crippen molar-refractivity contribution in [1.82, 2.24) is 14.9 Å². The van der Waals surface area contributed by atoms with Gasteiger partial charge in [-0.05, 0) is 31.2 Å². The Bertz CT molecular complexity index is 725. The molecule has 2 rings (SSSR count). The van der Waals surface area contributed by atoms with E-state index in [0.717, 1.165) is 29.7 Å². The van der Waals surface area contributed by atoms with E-state index in [1.165, 1.54) is 0 Å². The van der Waals surface area contributed by atoms with E-state index >= 15 is 0 Å². The third kappa shape index (κ3) is 5.22. The van der Waals surface area contributed by atoms with Gasteiger partial charge in [0.25, 0.3) is 5.91 Å². The van der Waals surface area contributed by atoms with Gasteiger partial charge in [-0.2, -0.15) is 11.8 Å². The second-order valence-electron chi connectivity index (χ2n) is 5.78. The van der Waals surface area contributed by atoms with Gasteiger partial charge in [0.05, 0.1) is 16.8 Å². The van der Waals surface area contributed by atoms with Crippen LogP contribution in [-0.2, 0) is 26.6 Å². The van der Waals surface area contributed by atoms with E-state index in [1.807, 2.05) is 48.9 Å². The number of esters is 1. The Morgan fingerprint density at radius 2 is 2.00 bits per heavy atom. The van der Waals surface area contributed by atoms with Gasteiger partial charge in [-0.25, -0.2) is 4.98 Å². The van der Waals surface area contributed by atoms with Gasteiger partial charge in [-0.3, -0.25) is 9.59 Å². The molecule has 0 aliphatic carbocycles. The number of benzene rings is 1. The number of rotatable bonds is 9. The topological polar surface area (TPSA) is 73.2 Å². The van der Waals surface area contributed by atoms with Crippen molar-refractivity contribution in [2.24, 2.45) is 0 Å². The predicted octanol–water partition coefficient (Wildman–Crippen LogP) is 2.75. The van der Waals surface area contributed by atoms with E-state index in [0.29, 0.717) is 5.75 Å². The van der Waals surface area contributed by atoms with E-state index in [-0.39, 0.29) is 25.1 Å². The molecule has 1 aromatic carbocycles. The lowest BCUT2D eigenvalue weighted by atomic mass is 10.2. The smallest absolute Gasteiger partial charge is 0.326 e. The zero-order valence-electron chi connectivity index (χ0n) is 14.9. The molecule has 6 nitrogen and oxygen atoms in total. The summed E-state index contributed by atoms with van der Waals surface area (Å²) in [5.74, 6) is 0.830. The lowest BCUT2D eigenvalue weighted by molar-refractivity contribution is -0.149. The summed E-state index contributed by atoms with van der Waals surface area (Å²) in [4.78, 5) is 28.6. The minimum atomic E-state index is -0.440. The highest BCUT2D eigenvalue weighted by Crippen LogP contribution is 2.19. The van der Waals surface area contributed by atoms with Crippen LogP contribution in [0.25, 0.3) is 11.0 Å². The van der Waals surface area contributed by atoms with Crippen LogP contribution < -0.4 is 5.32 Å². The number of nitrogens with one attached hydrogen (secondary N) is 1. The summed E-state index contributed by atoms with van der Waals surface area (Å²) in [6.45, 7) is 3.82. The summed E-state index contributed by atoms with van der Waals surface area (Å²) in [5, 5.41) is 2.85. The number of amides is 1. The molecule has 1 aromatic heterocycles. The Hall–Kier alpha value is -2.02. The fraction of sp³-hybridized carbons (Fsp3) is 0.500. The quantitative estimate of drug-likeness (QED) is 0.694. The largest absolute Gasteiger partial charge is 0.454 e. The maximum Gasteiger partial charge on any atom is 0.326 e. The fourth-order valence-electron chi connectivity index (χ4n) is 2.62. The summed E-state index contributed by atoms with van der Waals surface area (Å²) in [6.07, 6.45) is 3.70. The van der Waals surface area contributed by atoms with Crippen molar-refractivity contribution in [3.63, 3.8) is 0 Å². The molecule has 0 radical (unpaired) electrons. The predicted molar refractivity (Wildman–Crippen MR) is 100 cm³/mol. The minimum Gasteiger partial charge on any atom is -0.454 e. The number of ether oxygens (including phenoxy) is 1. The number of thioether (sulfide) groups is 1. The summed E-state index contributed by atoms with van der Waals surface area (Å²) in [5.41, 5.74) is 1.75. The molecule has 1 heterocycles. The molecule has 0 fully saturated rings. The monoisotopic (exact) mass is 363 g/mol. The van der Waals surface area contributed by atoms with Crippen molar-refractivity contribution in [1.29, 1.82) is 0 Å². The molecule has 0 aliphatic rings. The second-order valence-corrected chi connectivity index (χ2v) is 6.64. The van der Waals surface area contributed by atoms with E-state index in [9.17, 15) is 9.59 Å². The van der Waals surface area contributed by atoms with Crippen LogP contribution in [0.4, 0.5) is 0 Å². The SMILES string of the molecule is CCC(CC)NC(=O)COC(=O)Cn1c(CSC)nc2ccccc21. The first-order valence-electron chi connectivity index (χ1n) is 8.47. The molecule has 1 N–H and O–H groups in total. The lowest BCUT2D eigenvalue weighted by Crippen LogP contribution is -2.37. The maximum absolute atomic E-state index is 12.2. The number of carbonyl (C=O) groups excluding carboxylic acids is 2. The molecule has 1 amide bonds. The molecule has 7 heteroatoms. The van der Waals surface area contributed by atoms with Crippen LogP contribution in [0.1, 0.15) is 32.5 Å². The number of imidazole rings is 1. The van der Waals surface area contributed by atoms with Gasteiger partial charge in [-0.1, -0.05) is 26.0 Å². The third-order valence-electron chi connectivity index (χ3n) is 4.01. The van der Waals surface area contributed by atoms with Gasteiger partial charge in [0.1, 0.15) is 12.4 Å². The third-order valence-corrected chi connectivity index (χ3v) is 4.56. The molecule has 2 aromatic rings. The Labute approximate surface area is 152 Å². The first kappa shape index (κ1) is 19.3. The molecular weight excluding hydrogens is 338 g/mol. The van der Waals surface area contributed by atoms with Gasteiger partial charge in [-0.15, -0.1) is 0 Å². The van der Waals surface area contributed by atoms with Crippen LogP contribution in [0.15, 0.2) is 24.3 Å². The van der Waals surface area contributed by atoms with Gasteiger partial charge >= 0.3 is 5.97 Å². The van der Waals surface area contributed by atoms with E-state index in [2.05, 4.69) is 10.3 Å². The molecule has 136 valence electrons. The average Bonchev–Trinajstić information content (AvgIpc) is 2.95. The van der Waals surface area contributed by atoms with E-state index < -0.39 is 5.97 Å². The first-order chi connectivity index (χ1) is 12.1. The van der Waals surface area contributed by atoms with Crippen molar-refractivity contribution in [3.05, 3.63) is 30.1 Å². The number of para-hydroxylation sites is 2. The number of carbonyl (C=O) groups is 2. The molecule has 0 unspecified atom stereocenters. The molecule has 0 saturated heterocycles. The molecular formula is C18H25N3O3S. The van der Waals surface area contributed by atoms with Crippen LogP contribution >= 0.6 is 11.8 Å². The highest BCUT2D eigenvalue weighted by molar-refractivity contribution is 7.97. The minimum absolute atomic E-state index is 0.0503. The van der Waals surface area contributed by atoms with E-state index in [1.54, 1.807) is 11.8 Å². The Morgan fingerprint density at radius 3 is 2.68 bits per heavy atom. The zero-order valence-corrected chi connectivity index (χ0v) is 15.8. The summed E-state index contributed by atoms with van der Waals surface area (Å²) < 4.78 is 7.00. The number of nitrogens with zero attached hydrogens (tertiary/aromatic N) is 2. The summed E-state index contributed by atoms with van der Waals surface area (Å²) in [6, 6.07) is 7.81. The van der Waals surface area contributed by atoms with Crippen LogP contribution in [0.5, 0.6) is 0 Å². The van der Waals surface area contributed by atoms with Crippen LogP contribution in [0, 0.1) is 0 Å². The highest BCUT2D eigenvalue weighted by Gasteiger charge is 2.15. The van der Waals surface area contributed by atoms with Gasteiger partial charge in [0.2, 0.25) is 0 Å². The number of hydrogen-bond acceptors (Lipinski definition) is 5. The highest BCUT2D eigenvalue weighted by atomic mass is 32.2. The molecule has 0 spiro atoms. The Balaban J connectivity index is 1.99. The van der Waals surface area contributed by atoms with Crippen LogP contribution in [0.3, 0.4) is 0 Å². The molecule has 0 saturated carbocycles. The molecule has 25 heavy (non-hydrogen) atoms. The molecule has 0 atom stereocenters. The van der Waals surface area contributed by atoms with Gasteiger partial charge in [0.15, 0.2) is 6.61 Å². The zero-order chi connectivity index (χ0) is 18.2. The van der Waals surface area contributed by atoms with Crippen molar-refractivity contribution < 1.29 is 14.3 Å². The van der Waals surface area contributed by atoms with Crippen LogP contribution in [-0.4, -0.2) is 40.3 Å². The van der Waals surface area contributed by atoms with Crippen molar-refractivity contribution in [3.8, 4) is 0 Å². The first-order valence-corrected chi connectivity index (χ1v) is 9.86.